The largest absolute Gasteiger partial charge is 0.381 e. The number of nitrogen functional groups attached to an aromatic ring is 1. The molecule has 1 atom stereocenters. The van der Waals surface area contributed by atoms with E-state index < -0.39 is 11.9 Å². The monoisotopic (exact) mass is 588 g/mol. The van der Waals surface area contributed by atoms with Gasteiger partial charge in [-0.05, 0) is 61.5 Å². The first-order valence-electron chi connectivity index (χ1n) is 13.8. The minimum atomic E-state index is -0.619. The molecule has 7 rings (SSSR count). The number of aromatic nitrogens is 6. The van der Waals surface area contributed by atoms with E-state index in [1.807, 2.05) is 28.9 Å². The zero-order chi connectivity index (χ0) is 29.7. The van der Waals surface area contributed by atoms with Crippen LogP contribution in [-0.2, 0) is 13.0 Å². The van der Waals surface area contributed by atoms with Gasteiger partial charge in [0, 0.05) is 35.2 Å². The highest BCUT2D eigenvalue weighted by Gasteiger charge is 2.24. The van der Waals surface area contributed by atoms with Gasteiger partial charge in [-0.3, -0.25) is 18.8 Å². The maximum atomic E-state index is 14.4. The number of nitrogens with zero attached hydrogens (tertiary/aromatic N) is 6. The van der Waals surface area contributed by atoms with Gasteiger partial charge in [0.2, 0.25) is 0 Å². The van der Waals surface area contributed by atoms with Crippen molar-refractivity contribution < 1.29 is 4.79 Å². The number of aryl methyl sites for hydroxylation is 1. The molecule has 212 valence electrons. The smallest absolute Gasteiger partial charge is 0.264 e. The molecule has 0 spiro atoms. The Morgan fingerprint density at radius 3 is 2.81 bits per heavy atom. The van der Waals surface area contributed by atoms with Crippen molar-refractivity contribution in [3.63, 3.8) is 0 Å². The van der Waals surface area contributed by atoms with Crippen LogP contribution in [0.2, 0.25) is 5.02 Å². The fourth-order valence-electron chi connectivity index (χ4n) is 5.65. The lowest BCUT2D eigenvalue weighted by Crippen LogP contribution is -2.32. The van der Waals surface area contributed by atoms with Crippen molar-refractivity contribution in [1.29, 1.82) is 0 Å². The van der Waals surface area contributed by atoms with E-state index in [1.54, 1.807) is 60.4 Å². The van der Waals surface area contributed by atoms with E-state index in [2.05, 4.69) is 32.3 Å². The fraction of sp³-hybridized carbons (Fsp3) is 0.156. The summed E-state index contributed by atoms with van der Waals surface area (Å²) in [6.07, 6.45) is 7.00. The average molecular weight is 589 g/mol. The zero-order valence-electron chi connectivity index (χ0n) is 23.1. The number of fused-ring (bicyclic) bond motifs is 3. The lowest BCUT2D eigenvalue weighted by Gasteiger charge is -2.21. The van der Waals surface area contributed by atoms with Crippen molar-refractivity contribution in [2.24, 2.45) is 0 Å². The van der Waals surface area contributed by atoms with Crippen LogP contribution >= 0.6 is 11.6 Å². The molecule has 0 fully saturated rings. The van der Waals surface area contributed by atoms with Crippen molar-refractivity contribution in [2.45, 2.75) is 32.4 Å². The average Bonchev–Trinajstić information content (AvgIpc) is 3.70. The molecule has 2 aromatic carbocycles. The van der Waals surface area contributed by atoms with Crippen LogP contribution in [0.1, 0.15) is 52.3 Å². The number of rotatable bonds is 4. The quantitative estimate of drug-likeness (QED) is 0.296. The Morgan fingerprint density at radius 1 is 1.12 bits per heavy atom. The molecule has 0 radical (unpaired) electrons. The highest BCUT2D eigenvalue weighted by molar-refractivity contribution is 6.30. The third kappa shape index (κ3) is 4.60. The molecular weight excluding hydrogens is 564 g/mol. The molecule has 1 aliphatic rings. The fourth-order valence-corrected chi connectivity index (χ4v) is 5.84. The summed E-state index contributed by atoms with van der Waals surface area (Å²) in [5.74, 6) is 6.07. The second-order valence-electron chi connectivity index (χ2n) is 10.4. The highest BCUT2D eigenvalue weighted by atomic mass is 35.5. The Morgan fingerprint density at radius 2 is 1.95 bits per heavy atom. The molecule has 0 unspecified atom stereocenters. The van der Waals surface area contributed by atoms with Gasteiger partial charge in [0.25, 0.3) is 11.5 Å². The van der Waals surface area contributed by atoms with E-state index >= 15 is 0 Å². The van der Waals surface area contributed by atoms with E-state index in [1.165, 1.54) is 4.52 Å². The summed E-state index contributed by atoms with van der Waals surface area (Å²) in [6, 6.07) is 15.6. The summed E-state index contributed by atoms with van der Waals surface area (Å²) < 4.78 is 5.01. The van der Waals surface area contributed by atoms with Gasteiger partial charge < -0.3 is 11.1 Å². The highest BCUT2D eigenvalue weighted by Crippen LogP contribution is 2.26. The van der Waals surface area contributed by atoms with Crippen LogP contribution in [-0.4, -0.2) is 34.9 Å². The van der Waals surface area contributed by atoms with E-state index in [-0.39, 0.29) is 16.9 Å². The summed E-state index contributed by atoms with van der Waals surface area (Å²) in [5.41, 5.74) is 10.0. The lowest BCUT2D eigenvalue weighted by atomic mass is 10.0. The Hall–Kier alpha value is -5.40. The van der Waals surface area contributed by atoms with E-state index in [9.17, 15) is 9.59 Å². The van der Waals surface area contributed by atoms with Gasteiger partial charge in [-0.15, -0.1) is 5.10 Å². The second kappa shape index (κ2) is 10.5. The predicted octanol–water partition coefficient (Wildman–Crippen LogP) is 4.30. The third-order valence-electron chi connectivity index (χ3n) is 7.65. The molecule has 1 aliphatic heterocycles. The van der Waals surface area contributed by atoms with Crippen LogP contribution in [0.15, 0.2) is 78.0 Å². The Balaban J connectivity index is 1.35. The molecule has 3 N–H and O–H groups in total. The number of anilines is 1. The lowest BCUT2D eigenvalue weighted by molar-refractivity contribution is 0.0941. The van der Waals surface area contributed by atoms with Gasteiger partial charge in [-0.1, -0.05) is 41.6 Å². The third-order valence-corrected chi connectivity index (χ3v) is 7.88. The van der Waals surface area contributed by atoms with E-state index in [4.69, 9.17) is 17.3 Å². The summed E-state index contributed by atoms with van der Waals surface area (Å²) in [7, 11) is 0. The minimum Gasteiger partial charge on any atom is -0.381 e. The van der Waals surface area contributed by atoms with Crippen molar-refractivity contribution >= 4 is 39.7 Å². The van der Waals surface area contributed by atoms with E-state index in [0.29, 0.717) is 38.4 Å². The molecular formula is C32H25ClN8O2. The normalized spacial score (nSPS) is 13.1. The summed E-state index contributed by atoms with van der Waals surface area (Å²) >= 11 is 6.36. The Bertz CT molecular complexity index is 2200. The molecule has 5 heterocycles. The Kier molecular flexibility index (Phi) is 6.44. The van der Waals surface area contributed by atoms with E-state index in [0.717, 1.165) is 30.6 Å². The standard InChI is InChI=1S/C32H25ClN8O2/c1-19(37-31(42)28-29(34)38-40-15-5-13-35-30(28)40)26-16-21-7-2-6-20(11-12-22-18-36-39-14-4-10-25(22)39)27(21)32(43)41(26)24-9-3-8-23(33)17-24/h2-3,5-9,13,15-19H,4,10,14H2,1H3,(H2,34,38)(H,37,42)/t19-/m0/s1. The van der Waals surface area contributed by atoms with Crippen molar-refractivity contribution in [3.05, 3.63) is 117 Å². The molecule has 43 heavy (non-hydrogen) atoms. The number of carbonyl (C=O) groups excluding carboxylic acids is 1. The first-order chi connectivity index (χ1) is 20.9. The van der Waals surface area contributed by atoms with Gasteiger partial charge >= 0.3 is 0 Å². The molecule has 4 aromatic heterocycles. The zero-order valence-corrected chi connectivity index (χ0v) is 23.8. The molecule has 0 saturated heterocycles. The first-order valence-corrected chi connectivity index (χ1v) is 14.2. The number of nitrogens with two attached hydrogens (primary N) is 1. The number of hydrogen-bond donors (Lipinski definition) is 2. The van der Waals surface area contributed by atoms with Crippen molar-refractivity contribution in [2.75, 3.05) is 5.73 Å². The molecule has 11 heteroatoms. The van der Waals surface area contributed by atoms with Crippen LogP contribution in [0, 0.1) is 11.8 Å². The Labute approximate surface area is 250 Å². The molecule has 1 amide bonds. The number of pyridine rings is 1. The topological polar surface area (TPSA) is 125 Å². The van der Waals surface area contributed by atoms with Crippen LogP contribution in [0.4, 0.5) is 5.82 Å². The van der Waals surface area contributed by atoms with Gasteiger partial charge in [-0.25, -0.2) is 9.50 Å². The number of hydrogen-bond acceptors (Lipinski definition) is 6. The maximum Gasteiger partial charge on any atom is 0.264 e. The van der Waals surface area contributed by atoms with Gasteiger partial charge in [-0.2, -0.15) is 5.10 Å². The van der Waals surface area contributed by atoms with Crippen LogP contribution < -0.4 is 16.6 Å². The minimum absolute atomic E-state index is 0.0569. The first kappa shape index (κ1) is 26.5. The molecule has 0 aliphatic carbocycles. The number of halogens is 1. The molecule has 10 nitrogen and oxygen atoms in total. The number of carbonyl (C=O) groups is 1. The molecule has 6 aromatic rings. The molecule has 0 bridgehead atoms. The summed E-state index contributed by atoms with van der Waals surface area (Å²) in [5, 5.41) is 13.3. The van der Waals surface area contributed by atoms with Crippen molar-refractivity contribution in [1.82, 2.24) is 34.3 Å². The summed E-state index contributed by atoms with van der Waals surface area (Å²) in [4.78, 5) is 32.1. The van der Waals surface area contributed by atoms with Gasteiger partial charge in [0.15, 0.2) is 11.5 Å². The van der Waals surface area contributed by atoms with Crippen LogP contribution in [0.25, 0.3) is 22.1 Å². The number of benzene rings is 2. The number of amides is 1. The van der Waals surface area contributed by atoms with Gasteiger partial charge in [0.05, 0.1) is 34.6 Å². The molecule has 0 saturated carbocycles. The van der Waals surface area contributed by atoms with Gasteiger partial charge in [0.1, 0.15) is 5.56 Å². The SMILES string of the molecule is C[C@H](NC(=O)c1c(N)nn2cccnc12)c1cc2cccc(C#Cc3cnn4c3CCC4)c2c(=O)n1-c1cccc(Cl)c1. The van der Waals surface area contributed by atoms with Crippen LogP contribution in [0.3, 0.4) is 0 Å². The number of nitrogens with one attached hydrogen (secondary N) is 1. The maximum absolute atomic E-state index is 14.4. The predicted molar refractivity (Wildman–Crippen MR) is 164 cm³/mol. The second-order valence-corrected chi connectivity index (χ2v) is 10.8. The summed E-state index contributed by atoms with van der Waals surface area (Å²) in [6.45, 7) is 2.70. The van der Waals surface area contributed by atoms with Crippen molar-refractivity contribution in [3.8, 4) is 17.5 Å². The van der Waals surface area contributed by atoms with Crippen LogP contribution in [0.5, 0.6) is 0 Å².